The Morgan fingerprint density at radius 2 is 1.64 bits per heavy atom. The molecule has 0 aliphatic rings. The maximum atomic E-state index is 11.7. The Labute approximate surface area is 130 Å². The third-order valence-electron chi connectivity index (χ3n) is 2.89. The molecule has 0 heterocycles. The molecular formula is C16H21N3O3. The number of carbonyl (C=O) groups excluding carboxylic acids is 2. The molecule has 0 aromatic heterocycles. The Bertz CT molecular complexity index is 574. The second kappa shape index (κ2) is 7.53. The van der Waals surface area contributed by atoms with Crippen LogP contribution >= 0.6 is 0 Å². The summed E-state index contributed by atoms with van der Waals surface area (Å²) < 4.78 is 5.01. The highest BCUT2D eigenvalue weighted by Crippen LogP contribution is 2.29. The third-order valence-corrected chi connectivity index (χ3v) is 2.89. The maximum Gasteiger partial charge on any atom is 0.348 e. The van der Waals surface area contributed by atoms with Crippen LogP contribution in [0.15, 0.2) is 24.3 Å². The number of hydrogen-bond donors (Lipinski definition) is 1. The zero-order valence-electron chi connectivity index (χ0n) is 13.2. The summed E-state index contributed by atoms with van der Waals surface area (Å²) >= 11 is 0. The molecule has 0 fully saturated rings. The zero-order chi connectivity index (χ0) is 17.6. The molecule has 0 aromatic carbocycles. The minimum absolute atomic E-state index is 0.0261. The minimum atomic E-state index is -0.876. The van der Waals surface area contributed by atoms with Gasteiger partial charge in [-0.15, -0.1) is 0 Å². The monoisotopic (exact) mass is 303 g/mol. The highest BCUT2D eigenvalue weighted by Gasteiger charge is 2.33. The van der Waals surface area contributed by atoms with Gasteiger partial charge in [0.15, 0.2) is 5.78 Å². The molecule has 0 radical (unpaired) electrons. The number of nitrogens with zero attached hydrogens (tertiary/aromatic N) is 2. The summed E-state index contributed by atoms with van der Waals surface area (Å²) in [6.07, 6.45) is 0.346. The van der Waals surface area contributed by atoms with Gasteiger partial charge in [-0.25, -0.2) is 4.79 Å². The average Bonchev–Trinajstić information content (AvgIpc) is 2.40. The van der Waals surface area contributed by atoms with Gasteiger partial charge in [-0.05, 0) is 13.3 Å². The van der Waals surface area contributed by atoms with Crippen LogP contribution in [0.5, 0.6) is 0 Å². The summed E-state index contributed by atoms with van der Waals surface area (Å²) in [7, 11) is 0. The second-order valence-electron chi connectivity index (χ2n) is 6.35. The molecule has 0 aliphatic carbocycles. The number of allylic oxidation sites excluding steroid dienone is 1. The van der Waals surface area contributed by atoms with E-state index in [-0.39, 0.29) is 24.2 Å². The van der Waals surface area contributed by atoms with E-state index in [1.807, 2.05) is 13.8 Å². The number of ether oxygens (including phenoxy) is 1. The Morgan fingerprint density at radius 1 is 1.14 bits per heavy atom. The highest BCUT2D eigenvalue weighted by molar-refractivity contribution is 5.98. The Morgan fingerprint density at radius 3 is 2.09 bits per heavy atom. The Kier molecular flexibility index (Phi) is 6.70. The van der Waals surface area contributed by atoms with Gasteiger partial charge in [0.25, 0.3) is 0 Å². The molecule has 0 aliphatic heterocycles. The van der Waals surface area contributed by atoms with Gasteiger partial charge in [0.05, 0.1) is 12.2 Å². The van der Waals surface area contributed by atoms with Gasteiger partial charge in [0.2, 0.25) is 0 Å². The van der Waals surface area contributed by atoms with E-state index in [2.05, 4.69) is 13.2 Å². The molecule has 0 bridgehead atoms. The molecule has 22 heavy (non-hydrogen) atoms. The third kappa shape index (κ3) is 6.83. The average molecular weight is 303 g/mol. The highest BCUT2D eigenvalue weighted by atomic mass is 16.5. The first-order valence-corrected chi connectivity index (χ1v) is 6.61. The van der Waals surface area contributed by atoms with Crippen molar-refractivity contribution < 1.29 is 14.3 Å². The van der Waals surface area contributed by atoms with Crippen LogP contribution in [0.2, 0.25) is 0 Å². The van der Waals surface area contributed by atoms with Crippen molar-refractivity contribution >= 4 is 11.8 Å². The number of ketones is 1. The maximum absolute atomic E-state index is 11.7. The van der Waals surface area contributed by atoms with E-state index in [0.29, 0.717) is 6.42 Å². The second-order valence-corrected chi connectivity index (χ2v) is 6.35. The quantitative estimate of drug-likeness (QED) is 0.415. The first-order chi connectivity index (χ1) is 9.94. The van der Waals surface area contributed by atoms with Gasteiger partial charge < -0.3 is 10.5 Å². The molecule has 0 spiro atoms. The normalized spacial score (nSPS) is 13.2. The first kappa shape index (κ1) is 19.6. The number of carbonyl (C=O) groups is 2. The number of nitriles is 2. The van der Waals surface area contributed by atoms with Crippen LogP contribution in [0, 0.1) is 28.1 Å². The van der Waals surface area contributed by atoms with E-state index in [4.69, 9.17) is 21.0 Å². The SMILES string of the molecule is C=C(C#N)C(=O)CC(C)(N)CC(C)(C)COC(=O)C(=C)C#N. The van der Waals surface area contributed by atoms with Gasteiger partial charge in [0, 0.05) is 17.4 Å². The van der Waals surface area contributed by atoms with Crippen LogP contribution in [0.25, 0.3) is 0 Å². The fourth-order valence-corrected chi connectivity index (χ4v) is 2.14. The van der Waals surface area contributed by atoms with Crippen molar-refractivity contribution in [2.24, 2.45) is 11.1 Å². The summed E-state index contributed by atoms with van der Waals surface area (Å²) in [5.41, 5.74) is 4.32. The molecule has 6 nitrogen and oxygen atoms in total. The van der Waals surface area contributed by atoms with E-state index in [0.717, 1.165) is 0 Å². The molecule has 0 saturated carbocycles. The van der Waals surface area contributed by atoms with Crippen LogP contribution in [0.3, 0.4) is 0 Å². The van der Waals surface area contributed by atoms with Crippen molar-refractivity contribution in [3.63, 3.8) is 0 Å². The van der Waals surface area contributed by atoms with Crippen molar-refractivity contribution in [1.29, 1.82) is 10.5 Å². The standard InChI is InChI=1S/C16H21N3O3/c1-11(7-17)13(20)6-16(5,19)9-15(3,4)10-22-14(21)12(2)8-18/h1-2,6,9-10,19H2,3-5H3. The summed E-state index contributed by atoms with van der Waals surface area (Å²) in [5, 5.41) is 17.2. The molecular weight excluding hydrogens is 282 g/mol. The van der Waals surface area contributed by atoms with E-state index < -0.39 is 22.7 Å². The van der Waals surface area contributed by atoms with Gasteiger partial charge in [-0.3, -0.25) is 4.79 Å². The van der Waals surface area contributed by atoms with Crippen LogP contribution in [0.4, 0.5) is 0 Å². The number of esters is 1. The molecule has 1 atom stereocenters. The zero-order valence-corrected chi connectivity index (χ0v) is 13.2. The molecule has 0 rings (SSSR count). The lowest BCUT2D eigenvalue weighted by molar-refractivity contribution is -0.142. The van der Waals surface area contributed by atoms with Crippen molar-refractivity contribution in [2.75, 3.05) is 6.61 Å². The molecule has 0 aromatic rings. The fraction of sp³-hybridized carbons (Fsp3) is 0.500. The van der Waals surface area contributed by atoms with Crippen LogP contribution in [-0.2, 0) is 14.3 Å². The first-order valence-electron chi connectivity index (χ1n) is 6.61. The molecule has 2 N–H and O–H groups in total. The van der Waals surface area contributed by atoms with Crippen molar-refractivity contribution in [3.8, 4) is 12.1 Å². The Hall–Kier alpha value is -2.44. The van der Waals surface area contributed by atoms with Crippen LogP contribution in [0.1, 0.15) is 33.6 Å². The van der Waals surface area contributed by atoms with Crippen molar-refractivity contribution in [2.45, 2.75) is 39.2 Å². The summed E-state index contributed by atoms with van der Waals surface area (Å²) in [6.45, 7) is 12.0. The minimum Gasteiger partial charge on any atom is -0.461 e. The lowest BCUT2D eigenvalue weighted by atomic mass is 9.77. The molecule has 118 valence electrons. The van der Waals surface area contributed by atoms with Gasteiger partial charge in [-0.1, -0.05) is 27.0 Å². The van der Waals surface area contributed by atoms with Gasteiger partial charge in [-0.2, -0.15) is 10.5 Å². The number of hydrogen-bond acceptors (Lipinski definition) is 6. The topological polar surface area (TPSA) is 117 Å². The largest absolute Gasteiger partial charge is 0.461 e. The molecule has 1 unspecified atom stereocenters. The lowest BCUT2D eigenvalue weighted by Gasteiger charge is -2.34. The van der Waals surface area contributed by atoms with Crippen LogP contribution < -0.4 is 5.73 Å². The lowest BCUT2D eigenvalue weighted by Crippen LogP contribution is -2.44. The summed E-state index contributed by atoms with van der Waals surface area (Å²) in [6, 6.07) is 3.32. The Balaban J connectivity index is 4.69. The van der Waals surface area contributed by atoms with E-state index >= 15 is 0 Å². The van der Waals surface area contributed by atoms with Crippen LogP contribution in [-0.4, -0.2) is 23.9 Å². The fourth-order valence-electron chi connectivity index (χ4n) is 2.14. The molecule has 6 heteroatoms. The summed E-state index contributed by atoms with van der Waals surface area (Å²) in [5.74, 6) is -1.18. The van der Waals surface area contributed by atoms with Gasteiger partial charge in [0.1, 0.15) is 17.7 Å². The van der Waals surface area contributed by atoms with Gasteiger partial charge >= 0.3 is 5.97 Å². The molecule has 0 amide bonds. The molecule has 0 saturated heterocycles. The van der Waals surface area contributed by atoms with E-state index in [9.17, 15) is 9.59 Å². The van der Waals surface area contributed by atoms with Crippen molar-refractivity contribution in [1.82, 2.24) is 0 Å². The van der Waals surface area contributed by atoms with Crippen molar-refractivity contribution in [3.05, 3.63) is 24.3 Å². The number of rotatable bonds is 8. The van der Waals surface area contributed by atoms with E-state index in [1.165, 1.54) is 0 Å². The number of nitrogens with two attached hydrogens (primary N) is 1. The van der Waals surface area contributed by atoms with E-state index in [1.54, 1.807) is 19.1 Å². The predicted molar refractivity (Wildman–Crippen MR) is 81.1 cm³/mol. The predicted octanol–water partition coefficient (Wildman–Crippen LogP) is 1.78. The summed E-state index contributed by atoms with van der Waals surface area (Å²) in [4.78, 5) is 23.1. The smallest absolute Gasteiger partial charge is 0.348 e. The number of Topliss-reactive ketones (excluding diaryl/α,β-unsaturated/α-hetero) is 1.